The van der Waals surface area contributed by atoms with Crippen LogP contribution in [0.1, 0.15) is 37.4 Å². The minimum absolute atomic E-state index is 0.0612. The molecule has 1 fully saturated rings. The van der Waals surface area contributed by atoms with Gasteiger partial charge in [-0.2, -0.15) is 31.3 Å². The summed E-state index contributed by atoms with van der Waals surface area (Å²) in [6.07, 6.45) is -6.04. The Labute approximate surface area is 314 Å². The lowest BCUT2D eigenvalue weighted by molar-refractivity contribution is -0.759. The Balaban J connectivity index is 0.00000106. The van der Waals surface area contributed by atoms with Gasteiger partial charge < -0.3 is 41.4 Å². The first-order chi connectivity index (χ1) is 25.4. The Bertz CT molecular complexity index is 2050. The van der Waals surface area contributed by atoms with Gasteiger partial charge in [0.1, 0.15) is 30.1 Å². The molecule has 4 rings (SSSR count). The molecular weight excluding hydrogens is 786 g/mol. The van der Waals surface area contributed by atoms with E-state index in [2.05, 4.69) is 29.1 Å². The molecule has 2 atom stereocenters. The van der Waals surface area contributed by atoms with Crippen molar-refractivity contribution < 1.29 is 74.1 Å². The lowest BCUT2D eigenvalue weighted by Gasteiger charge is -2.50. The number of nitrogens with zero attached hydrogens (tertiary/aromatic N) is 5. The number of thiazole rings is 1. The smallest absolute Gasteiger partial charge is 0.430 e. The molecule has 0 spiro atoms. The number of hydrogen-bond donors (Lipinski definition) is 5. The first kappa shape index (κ1) is 44.0. The number of hydroxylamine groups is 2. The Hall–Kier alpha value is -5.37. The highest BCUT2D eigenvalue weighted by atomic mass is 32.3. The SMILES string of the molecule is Cc1c(-c2ccc(OCC(ON=C(C(=O)NC3C(=O)N(OS(=O)(=O)O)C3(C)C)c3csc(N)n3)C(=O)O)cc2)c(C)[n+](C)n1CCCN.O=C([O-])C(F)(F)F. The van der Waals surface area contributed by atoms with Crippen LogP contribution in [0.25, 0.3) is 11.1 Å². The van der Waals surface area contributed by atoms with E-state index < -0.39 is 70.3 Å². The molecular formula is C30H37F3N8O12S2. The van der Waals surface area contributed by atoms with Crippen molar-refractivity contribution in [1.29, 1.82) is 0 Å². The van der Waals surface area contributed by atoms with Crippen molar-refractivity contribution in [3.05, 3.63) is 46.7 Å². The van der Waals surface area contributed by atoms with Gasteiger partial charge in [0, 0.05) is 12.3 Å². The summed E-state index contributed by atoms with van der Waals surface area (Å²) in [4.78, 5) is 55.8. The number of aliphatic carboxylic acids is 2. The molecule has 0 aliphatic carbocycles. The van der Waals surface area contributed by atoms with E-state index in [1.807, 2.05) is 33.0 Å². The highest BCUT2D eigenvalue weighted by Gasteiger charge is 2.58. The molecule has 1 aliphatic heterocycles. The molecule has 20 nitrogen and oxygen atoms in total. The molecule has 3 aromatic rings. The number of halogens is 3. The van der Waals surface area contributed by atoms with Crippen LogP contribution in [0.5, 0.6) is 5.75 Å². The van der Waals surface area contributed by atoms with Gasteiger partial charge in [0.05, 0.1) is 23.3 Å². The highest BCUT2D eigenvalue weighted by molar-refractivity contribution is 7.80. The lowest BCUT2D eigenvalue weighted by Crippen LogP contribution is -2.76. The zero-order chi connectivity index (χ0) is 41.6. The normalized spacial score (nSPS) is 16.0. The number of carboxylic acids is 2. The van der Waals surface area contributed by atoms with Gasteiger partial charge in [-0.15, -0.1) is 20.3 Å². The van der Waals surface area contributed by atoms with E-state index in [9.17, 15) is 41.1 Å². The van der Waals surface area contributed by atoms with Gasteiger partial charge in [0.2, 0.25) is 5.69 Å². The minimum Gasteiger partial charge on any atom is -0.542 e. The largest absolute Gasteiger partial charge is 0.542 e. The van der Waals surface area contributed by atoms with E-state index in [-0.39, 0.29) is 10.8 Å². The monoisotopic (exact) mass is 822 g/mol. The second-order valence-corrected chi connectivity index (χ2v) is 14.0. The van der Waals surface area contributed by atoms with E-state index in [4.69, 9.17) is 35.5 Å². The van der Waals surface area contributed by atoms with Gasteiger partial charge in [-0.3, -0.25) is 14.1 Å². The van der Waals surface area contributed by atoms with Crippen LogP contribution in [0, 0.1) is 13.8 Å². The molecule has 3 heterocycles. The van der Waals surface area contributed by atoms with Crippen molar-refractivity contribution in [1.82, 2.24) is 20.0 Å². The third-order valence-corrected chi connectivity index (χ3v) is 8.97. The number of nitrogen functional groups attached to an aromatic ring is 1. The number of alkyl halides is 3. The van der Waals surface area contributed by atoms with Crippen molar-refractivity contribution in [2.45, 2.75) is 64.5 Å². The fraction of sp³-hybridized carbons (Fsp3) is 0.433. The summed E-state index contributed by atoms with van der Waals surface area (Å²) >= 11 is 0.962. The maximum absolute atomic E-state index is 13.2. The minimum atomic E-state index is -5.19. The van der Waals surface area contributed by atoms with Crippen molar-refractivity contribution in [3.63, 3.8) is 0 Å². The molecule has 7 N–H and O–H groups in total. The molecule has 2 aromatic heterocycles. The van der Waals surface area contributed by atoms with Crippen LogP contribution in [0.15, 0.2) is 34.8 Å². The van der Waals surface area contributed by atoms with E-state index in [1.165, 1.54) is 19.2 Å². The van der Waals surface area contributed by atoms with Gasteiger partial charge in [0.25, 0.3) is 17.9 Å². The summed E-state index contributed by atoms with van der Waals surface area (Å²) in [7, 11) is -3.03. The van der Waals surface area contributed by atoms with Crippen molar-refractivity contribution in [3.8, 4) is 16.9 Å². The molecule has 302 valence electrons. The number of oxime groups is 1. The number of aromatic nitrogens is 3. The van der Waals surface area contributed by atoms with Gasteiger partial charge >= 0.3 is 22.5 Å². The molecule has 55 heavy (non-hydrogen) atoms. The maximum atomic E-state index is 13.2. The van der Waals surface area contributed by atoms with Crippen LogP contribution < -0.4 is 31.3 Å². The Morgan fingerprint density at radius 3 is 2.29 bits per heavy atom. The number of rotatable bonds is 15. The first-order valence-corrected chi connectivity index (χ1v) is 17.9. The number of ether oxygens (including phenoxy) is 1. The second kappa shape index (κ2) is 17.4. The fourth-order valence-corrected chi connectivity index (χ4v) is 6.11. The zero-order valence-electron chi connectivity index (χ0n) is 29.7. The topological polar surface area (TPSA) is 295 Å². The molecule has 2 unspecified atom stereocenters. The van der Waals surface area contributed by atoms with E-state index in [0.29, 0.717) is 17.4 Å². The molecule has 0 bridgehead atoms. The molecule has 1 aliphatic rings. The predicted molar refractivity (Wildman–Crippen MR) is 182 cm³/mol. The first-order valence-electron chi connectivity index (χ1n) is 15.7. The number of β-lactam (4-membered cyclic amide) rings is 1. The number of benzene rings is 1. The average Bonchev–Trinajstić information content (AvgIpc) is 3.61. The van der Waals surface area contributed by atoms with Crippen LogP contribution >= 0.6 is 11.3 Å². The predicted octanol–water partition coefficient (Wildman–Crippen LogP) is -0.625. The number of carbonyl (C=O) groups excluding carboxylic acids is 3. The van der Waals surface area contributed by atoms with Gasteiger partial charge in [-0.05, 0) is 51.4 Å². The number of hydrogen-bond acceptors (Lipinski definition) is 15. The number of nitrogens with one attached hydrogen (secondary N) is 1. The van der Waals surface area contributed by atoms with Crippen LogP contribution in [-0.4, -0.2) is 99.3 Å². The number of carboxylic acid groups (broad SMARTS) is 2. The molecule has 0 saturated carbocycles. The van der Waals surface area contributed by atoms with Crippen molar-refractivity contribution in [2.24, 2.45) is 17.9 Å². The van der Waals surface area contributed by atoms with Crippen LogP contribution in [0.3, 0.4) is 0 Å². The number of nitrogens with two attached hydrogens (primary N) is 2. The van der Waals surface area contributed by atoms with E-state index in [0.717, 1.165) is 46.8 Å². The molecule has 1 aromatic carbocycles. The average molecular weight is 823 g/mol. The Morgan fingerprint density at radius 1 is 1.22 bits per heavy atom. The van der Waals surface area contributed by atoms with E-state index >= 15 is 0 Å². The summed E-state index contributed by atoms with van der Waals surface area (Å²) in [5.41, 5.74) is 13.5. The number of anilines is 1. The van der Waals surface area contributed by atoms with Gasteiger partial charge in [-0.25, -0.2) is 9.78 Å². The zero-order valence-corrected chi connectivity index (χ0v) is 31.3. The number of amides is 2. The Morgan fingerprint density at radius 2 is 1.82 bits per heavy atom. The summed E-state index contributed by atoms with van der Waals surface area (Å²) in [6.45, 7) is 7.65. The molecule has 1 saturated heterocycles. The van der Waals surface area contributed by atoms with Crippen LogP contribution in [0.2, 0.25) is 0 Å². The van der Waals surface area contributed by atoms with Gasteiger partial charge in [0.15, 0.2) is 17.9 Å². The Kier molecular flexibility index (Phi) is 13.9. The van der Waals surface area contributed by atoms with Crippen LogP contribution in [0.4, 0.5) is 18.3 Å². The summed E-state index contributed by atoms with van der Waals surface area (Å²) < 4.78 is 76.9. The van der Waals surface area contributed by atoms with Crippen molar-refractivity contribution in [2.75, 3.05) is 18.9 Å². The molecule has 25 heteroatoms. The summed E-state index contributed by atoms with van der Waals surface area (Å²) in [6, 6.07) is 5.77. The van der Waals surface area contributed by atoms with Gasteiger partial charge in [-0.1, -0.05) is 17.3 Å². The van der Waals surface area contributed by atoms with Crippen molar-refractivity contribution >= 4 is 56.3 Å². The lowest BCUT2D eigenvalue weighted by atomic mass is 9.84. The fourth-order valence-electron chi connectivity index (χ4n) is 5.11. The molecule has 2 amide bonds. The summed E-state index contributed by atoms with van der Waals surface area (Å²) in [5, 5.41) is 26.5. The number of carbonyl (C=O) groups is 4. The third-order valence-electron chi connectivity index (χ3n) is 7.96. The standard InChI is InChI=1S/C28H36N8O10S2.C2HF3O2/c1-15-21(16(2)35(34(15)5)12-6-11-29)17-7-9-18(10-8-17)44-13-20(26(39)40)45-33-22(19-14-47-27(30)31-19)24(37)32-23-25(38)36(28(23,3)4)46-48(41,42)43;3-2(4,5)1(6)7/h7-10,14,20,23H,6,11-13,29H2,1-5H3,(H4-,30,31,32,37,39,40,41,42,43);(H,6,7). The van der Waals surface area contributed by atoms with Crippen LogP contribution in [-0.2, 0) is 52.3 Å². The summed E-state index contributed by atoms with van der Waals surface area (Å²) in [5.74, 6) is -6.11. The third kappa shape index (κ3) is 10.9. The molecule has 0 radical (unpaired) electrons. The second-order valence-electron chi connectivity index (χ2n) is 12.1. The quantitative estimate of drug-likeness (QED) is 0.0420. The maximum Gasteiger partial charge on any atom is 0.430 e. The highest BCUT2D eigenvalue weighted by Crippen LogP contribution is 2.33. The van der Waals surface area contributed by atoms with E-state index in [1.54, 1.807) is 12.1 Å².